The molecule has 156 valence electrons. The molecule has 7 nitrogen and oxygen atoms in total. The fraction of sp³-hybridized carbons (Fsp3) is 0.130. The van der Waals surface area contributed by atoms with Crippen LogP contribution in [0.4, 0.5) is 0 Å². The lowest BCUT2D eigenvalue weighted by molar-refractivity contribution is 0.0946. The number of rotatable bonds is 7. The lowest BCUT2D eigenvalue weighted by Crippen LogP contribution is -2.24. The van der Waals surface area contributed by atoms with Crippen LogP contribution in [-0.2, 0) is 6.54 Å². The van der Waals surface area contributed by atoms with Crippen LogP contribution in [0, 0.1) is 0 Å². The summed E-state index contributed by atoms with van der Waals surface area (Å²) in [6.45, 7) is 2.83. The molecule has 0 fully saturated rings. The highest BCUT2D eigenvalue weighted by atomic mass is 35.5. The predicted molar refractivity (Wildman–Crippen MR) is 118 cm³/mol. The Morgan fingerprint density at radius 3 is 2.77 bits per heavy atom. The van der Waals surface area contributed by atoms with Crippen LogP contribution < -0.4 is 10.1 Å². The molecule has 0 saturated carbocycles. The molecule has 2 aromatic heterocycles. The van der Waals surface area contributed by atoms with E-state index in [4.69, 9.17) is 16.3 Å². The number of benzene rings is 2. The van der Waals surface area contributed by atoms with E-state index in [-0.39, 0.29) is 11.6 Å². The molecule has 8 heteroatoms. The van der Waals surface area contributed by atoms with Crippen molar-refractivity contribution in [3.05, 3.63) is 89.3 Å². The third-order valence-electron chi connectivity index (χ3n) is 4.56. The molecule has 0 saturated heterocycles. The predicted octanol–water partition coefficient (Wildman–Crippen LogP) is 4.31. The van der Waals surface area contributed by atoms with Gasteiger partial charge in [0.25, 0.3) is 5.91 Å². The summed E-state index contributed by atoms with van der Waals surface area (Å²) < 4.78 is 7.08. The molecule has 1 amide bonds. The molecule has 0 aliphatic carbocycles. The first-order chi connectivity index (χ1) is 15.2. The van der Waals surface area contributed by atoms with Crippen molar-refractivity contribution in [2.24, 2.45) is 0 Å². The fourth-order valence-corrected chi connectivity index (χ4v) is 3.38. The lowest BCUT2D eigenvalue weighted by atomic mass is 10.1. The van der Waals surface area contributed by atoms with Crippen LogP contribution in [-0.4, -0.2) is 32.5 Å². The molecular weight excluding hydrogens is 414 g/mol. The molecule has 0 aliphatic heterocycles. The summed E-state index contributed by atoms with van der Waals surface area (Å²) in [5.74, 6) is 0.411. The van der Waals surface area contributed by atoms with E-state index in [1.165, 1.54) is 0 Å². The Morgan fingerprint density at radius 2 is 2.00 bits per heavy atom. The minimum atomic E-state index is -0.348. The Balaban J connectivity index is 1.66. The van der Waals surface area contributed by atoms with Gasteiger partial charge in [-0.2, -0.15) is 0 Å². The van der Waals surface area contributed by atoms with E-state index in [0.717, 1.165) is 11.3 Å². The third-order valence-corrected chi connectivity index (χ3v) is 4.88. The highest BCUT2D eigenvalue weighted by molar-refractivity contribution is 6.32. The molecule has 0 bridgehead atoms. The van der Waals surface area contributed by atoms with Crippen LogP contribution in [0.3, 0.4) is 0 Å². The average Bonchev–Trinajstić information content (AvgIpc) is 3.24. The highest BCUT2D eigenvalue weighted by Crippen LogP contribution is 2.28. The largest absolute Gasteiger partial charge is 0.494 e. The van der Waals surface area contributed by atoms with Crippen molar-refractivity contribution >= 4 is 17.5 Å². The Hall–Kier alpha value is -3.71. The summed E-state index contributed by atoms with van der Waals surface area (Å²) in [4.78, 5) is 17.2. The molecule has 31 heavy (non-hydrogen) atoms. The van der Waals surface area contributed by atoms with Crippen molar-refractivity contribution < 1.29 is 9.53 Å². The van der Waals surface area contributed by atoms with E-state index < -0.39 is 0 Å². The minimum absolute atomic E-state index is 0.189. The van der Waals surface area contributed by atoms with Gasteiger partial charge in [-0.3, -0.25) is 9.78 Å². The van der Waals surface area contributed by atoms with Crippen molar-refractivity contribution in [3.8, 4) is 22.7 Å². The zero-order valence-electron chi connectivity index (χ0n) is 16.8. The zero-order valence-corrected chi connectivity index (χ0v) is 17.6. The second kappa shape index (κ2) is 9.40. The number of pyridine rings is 1. The molecule has 4 rings (SSSR count). The lowest BCUT2D eigenvalue weighted by Gasteiger charge is -2.10. The number of carbonyl (C=O) groups is 1. The van der Waals surface area contributed by atoms with E-state index in [9.17, 15) is 4.79 Å². The number of para-hydroxylation sites is 1. The smallest absolute Gasteiger partial charge is 0.274 e. The van der Waals surface area contributed by atoms with Crippen LogP contribution in [0.1, 0.15) is 23.0 Å². The number of aromatic nitrogens is 4. The van der Waals surface area contributed by atoms with Crippen molar-refractivity contribution in [3.63, 3.8) is 0 Å². The Morgan fingerprint density at radius 1 is 1.13 bits per heavy atom. The molecule has 4 aromatic rings. The van der Waals surface area contributed by atoms with Gasteiger partial charge in [0.2, 0.25) is 0 Å². The maximum absolute atomic E-state index is 13.0. The van der Waals surface area contributed by atoms with E-state index in [1.807, 2.05) is 55.5 Å². The minimum Gasteiger partial charge on any atom is -0.494 e. The van der Waals surface area contributed by atoms with Crippen LogP contribution in [0.25, 0.3) is 16.9 Å². The normalized spacial score (nSPS) is 10.6. The molecule has 1 N–H and O–H groups in total. The maximum Gasteiger partial charge on any atom is 0.274 e. The van der Waals surface area contributed by atoms with Gasteiger partial charge in [-0.15, -0.1) is 5.10 Å². The number of hydrogen-bond donors (Lipinski definition) is 1. The van der Waals surface area contributed by atoms with E-state index >= 15 is 0 Å². The quantitative estimate of drug-likeness (QED) is 0.469. The first-order valence-corrected chi connectivity index (χ1v) is 10.2. The summed E-state index contributed by atoms with van der Waals surface area (Å²) in [7, 11) is 0. The second-order valence-corrected chi connectivity index (χ2v) is 7.06. The molecule has 0 atom stereocenters. The van der Waals surface area contributed by atoms with E-state index in [2.05, 4.69) is 20.6 Å². The standard InChI is InChI=1S/C23H20ClN5O2/c1-2-31-18-9-5-7-16(13-18)14-26-23(30)21-22(17-8-6-12-25-15-17)29(28-27-21)20-11-4-3-10-19(20)24/h3-13,15H,2,14H2,1H3,(H,26,30). The molecule has 0 spiro atoms. The molecular formula is C23H20ClN5O2. The van der Waals surface area contributed by atoms with Gasteiger partial charge in [-0.05, 0) is 48.9 Å². The van der Waals surface area contributed by atoms with Gasteiger partial charge in [0, 0.05) is 24.5 Å². The first-order valence-electron chi connectivity index (χ1n) is 9.78. The summed E-state index contributed by atoms with van der Waals surface area (Å²) in [5.41, 5.74) is 2.95. The van der Waals surface area contributed by atoms with Crippen LogP contribution in [0.15, 0.2) is 73.1 Å². The number of hydrogen-bond acceptors (Lipinski definition) is 5. The maximum atomic E-state index is 13.0. The number of nitrogens with one attached hydrogen (secondary N) is 1. The first kappa shape index (κ1) is 20.6. The van der Waals surface area contributed by atoms with Gasteiger partial charge in [0.05, 0.1) is 17.3 Å². The topological polar surface area (TPSA) is 81.9 Å². The summed E-state index contributed by atoms with van der Waals surface area (Å²) >= 11 is 6.37. The van der Waals surface area contributed by atoms with E-state index in [0.29, 0.717) is 35.1 Å². The summed E-state index contributed by atoms with van der Waals surface area (Å²) in [5, 5.41) is 11.8. The fourth-order valence-electron chi connectivity index (χ4n) is 3.17. The SMILES string of the molecule is CCOc1cccc(CNC(=O)c2nnn(-c3ccccc3Cl)c2-c2cccnc2)c1. The Kier molecular flexibility index (Phi) is 6.24. The van der Waals surface area contributed by atoms with Gasteiger partial charge < -0.3 is 10.1 Å². The Labute approximate surface area is 184 Å². The van der Waals surface area contributed by atoms with Gasteiger partial charge >= 0.3 is 0 Å². The number of carbonyl (C=O) groups excluding carboxylic acids is 1. The second-order valence-electron chi connectivity index (χ2n) is 6.65. The van der Waals surface area contributed by atoms with Gasteiger partial charge in [-0.25, -0.2) is 4.68 Å². The third kappa shape index (κ3) is 4.57. The van der Waals surface area contributed by atoms with Crippen LogP contribution in [0.5, 0.6) is 5.75 Å². The molecule has 0 aliphatic rings. The number of ether oxygens (including phenoxy) is 1. The molecule has 2 heterocycles. The van der Waals surface area contributed by atoms with Gasteiger partial charge in [-0.1, -0.05) is 41.1 Å². The summed E-state index contributed by atoms with van der Waals surface area (Å²) in [6, 6.07) is 18.5. The molecule has 0 radical (unpaired) electrons. The number of halogens is 1. The molecule has 0 unspecified atom stereocenters. The highest BCUT2D eigenvalue weighted by Gasteiger charge is 2.23. The van der Waals surface area contributed by atoms with Crippen molar-refractivity contribution in [1.82, 2.24) is 25.3 Å². The van der Waals surface area contributed by atoms with Crippen molar-refractivity contribution in [1.29, 1.82) is 0 Å². The van der Waals surface area contributed by atoms with Crippen molar-refractivity contribution in [2.75, 3.05) is 6.61 Å². The van der Waals surface area contributed by atoms with E-state index in [1.54, 1.807) is 29.2 Å². The van der Waals surface area contributed by atoms with Gasteiger partial charge in [0.1, 0.15) is 11.4 Å². The van der Waals surface area contributed by atoms with Crippen molar-refractivity contribution in [2.45, 2.75) is 13.5 Å². The zero-order chi connectivity index (χ0) is 21.6. The van der Waals surface area contributed by atoms with Crippen LogP contribution in [0.2, 0.25) is 5.02 Å². The Bertz CT molecular complexity index is 1190. The molecule has 2 aromatic carbocycles. The van der Waals surface area contributed by atoms with Gasteiger partial charge in [0.15, 0.2) is 5.69 Å². The van der Waals surface area contributed by atoms with Crippen LogP contribution >= 0.6 is 11.6 Å². The number of amides is 1. The summed E-state index contributed by atoms with van der Waals surface area (Å²) in [6.07, 6.45) is 3.33. The average molecular weight is 434 g/mol. The number of nitrogens with zero attached hydrogens (tertiary/aromatic N) is 4. The monoisotopic (exact) mass is 433 g/mol.